The van der Waals surface area contributed by atoms with Gasteiger partial charge in [-0.05, 0) is 31.2 Å². The van der Waals surface area contributed by atoms with Crippen LogP contribution in [0.3, 0.4) is 0 Å². The Balaban J connectivity index is 2.00. The van der Waals surface area contributed by atoms with Crippen LogP contribution in [-0.2, 0) is 7.05 Å². The van der Waals surface area contributed by atoms with Gasteiger partial charge in [-0.15, -0.1) is 5.10 Å². The van der Waals surface area contributed by atoms with Crippen molar-refractivity contribution in [2.24, 2.45) is 7.05 Å². The Morgan fingerprint density at radius 3 is 2.83 bits per heavy atom. The van der Waals surface area contributed by atoms with Gasteiger partial charge in [0.15, 0.2) is 11.6 Å². The smallest absolute Gasteiger partial charge is 0.242 e. The summed E-state index contributed by atoms with van der Waals surface area (Å²) in [7, 11) is 1.59. The normalized spacial score (nSPS) is 11.7. The van der Waals surface area contributed by atoms with Crippen molar-refractivity contribution >= 4 is 5.82 Å². The average molecular weight is 413 g/mol. The van der Waals surface area contributed by atoms with Gasteiger partial charge >= 0.3 is 0 Å². The number of halogens is 1. The number of hydrogen-bond acceptors (Lipinski definition) is 8. The highest BCUT2D eigenvalue weighted by molar-refractivity contribution is 5.75. The summed E-state index contributed by atoms with van der Waals surface area (Å²) in [4.78, 5) is 4.11. The predicted octanol–water partition coefficient (Wildman–Crippen LogP) is 2.29. The number of nitriles is 1. The van der Waals surface area contributed by atoms with Crippen molar-refractivity contribution in [3.8, 4) is 34.6 Å². The first-order valence-electron chi connectivity index (χ1n) is 8.97. The standard InChI is InChI=1S/C20H20FN5O4/c1-11(14-8-13(21)3-4-16(14)28)30-17-7-12(10-24-19(17)23)18-15(9-22)26(2)25-20(18)29-6-5-27/h3-4,7-8,10-11,27-28H,5-6H2,1-2H3,(H2,23,24). The second-order valence-electron chi connectivity index (χ2n) is 6.41. The number of nitrogens with two attached hydrogens (primary N) is 1. The Bertz CT molecular complexity index is 1110. The first-order valence-corrected chi connectivity index (χ1v) is 8.97. The number of aliphatic hydroxyl groups is 1. The summed E-state index contributed by atoms with van der Waals surface area (Å²) >= 11 is 0. The van der Waals surface area contributed by atoms with Crippen molar-refractivity contribution in [1.82, 2.24) is 14.8 Å². The maximum atomic E-state index is 13.6. The number of aliphatic hydroxyl groups excluding tert-OH is 1. The maximum absolute atomic E-state index is 13.6. The van der Waals surface area contributed by atoms with Crippen LogP contribution in [0.1, 0.15) is 24.3 Å². The number of aromatic nitrogens is 3. The van der Waals surface area contributed by atoms with Crippen LogP contribution < -0.4 is 15.2 Å². The largest absolute Gasteiger partial charge is 0.508 e. The summed E-state index contributed by atoms with van der Waals surface area (Å²) in [5.74, 6) is -0.245. The fourth-order valence-corrected chi connectivity index (χ4v) is 2.92. The number of phenols is 1. The van der Waals surface area contributed by atoms with Crippen LogP contribution in [0.25, 0.3) is 11.1 Å². The summed E-state index contributed by atoms with van der Waals surface area (Å²) in [6.45, 7) is 1.40. The second kappa shape index (κ2) is 8.67. The third-order valence-corrected chi connectivity index (χ3v) is 4.35. The van der Waals surface area contributed by atoms with E-state index in [9.17, 15) is 14.8 Å². The zero-order chi connectivity index (χ0) is 21.8. The van der Waals surface area contributed by atoms with Gasteiger partial charge in [0, 0.05) is 24.4 Å². The van der Waals surface area contributed by atoms with Crippen molar-refractivity contribution in [1.29, 1.82) is 5.26 Å². The molecule has 0 aliphatic carbocycles. The third kappa shape index (κ3) is 4.11. The van der Waals surface area contributed by atoms with Gasteiger partial charge in [0.25, 0.3) is 0 Å². The van der Waals surface area contributed by atoms with Crippen LogP contribution in [0.4, 0.5) is 10.2 Å². The molecular formula is C20H20FN5O4. The van der Waals surface area contributed by atoms with Crippen LogP contribution >= 0.6 is 0 Å². The van der Waals surface area contributed by atoms with Gasteiger partial charge in [0.05, 0.1) is 12.2 Å². The van der Waals surface area contributed by atoms with E-state index in [-0.39, 0.29) is 47.7 Å². The van der Waals surface area contributed by atoms with Crippen molar-refractivity contribution in [3.63, 3.8) is 0 Å². The summed E-state index contributed by atoms with van der Waals surface area (Å²) in [6.07, 6.45) is 0.699. The molecule has 0 fully saturated rings. The lowest BCUT2D eigenvalue weighted by Crippen LogP contribution is -2.07. The highest BCUT2D eigenvalue weighted by atomic mass is 19.1. The molecule has 0 saturated heterocycles. The lowest BCUT2D eigenvalue weighted by atomic mass is 10.1. The molecule has 0 radical (unpaired) electrons. The quantitative estimate of drug-likeness (QED) is 0.536. The number of aryl methyl sites for hydroxylation is 1. The molecule has 30 heavy (non-hydrogen) atoms. The third-order valence-electron chi connectivity index (χ3n) is 4.35. The molecular weight excluding hydrogens is 393 g/mol. The Hall–Kier alpha value is -3.84. The number of nitrogen functional groups attached to an aromatic ring is 1. The molecule has 0 aliphatic rings. The molecule has 9 nitrogen and oxygen atoms in total. The molecule has 0 aliphatic heterocycles. The molecule has 10 heteroatoms. The molecule has 1 aromatic carbocycles. The van der Waals surface area contributed by atoms with Crippen LogP contribution in [0.15, 0.2) is 30.5 Å². The minimum absolute atomic E-state index is 0.00345. The zero-order valence-corrected chi connectivity index (χ0v) is 16.3. The van der Waals surface area contributed by atoms with Crippen molar-refractivity contribution in [3.05, 3.63) is 47.5 Å². The predicted molar refractivity (Wildman–Crippen MR) is 105 cm³/mol. The molecule has 0 bridgehead atoms. The molecule has 2 aromatic heterocycles. The van der Waals surface area contributed by atoms with E-state index in [2.05, 4.69) is 16.2 Å². The SMILES string of the molecule is CC(Oc1cc(-c2c(OCCO)nn(C)c2C#N)cnc1N)c1cc(F)ccc1O. The molecule has 0 amide bonds. The Labute approximate surface area is 171 Å². The molecule has 2 heterocycles. The second-order valence-corrected chi connectivity index (χ2v) is 6.41. The van der Waals surface area contributed by atoms with E-state index < -0.39 is 11.9 Å². The number of benzene rings is 1. The Morgan fingerprint density at radius 1 is 1.37 bits per heavy atom. The fourth-order valence-electron chi connectivity index (χ4n) is 2.92. The van der Waals surface area contributed by atoms with E-state index in [0.717, 1.165) is 6.07 Å². The molecule has 0 spiro atoms. The number of aromatic hydroxyl groups is 1. The summed E-state index contributed by atoms with van der Waals surface area (Å²) in [6, 6.07) is 7.16. The minimum Gasteiger partial charge on any atom is -0.508 e. The van der Waals surface area contributed by atoms with Gasteiger partial charge in [-0.3, -0.25) is 4.68 Å². The van der Waals surface area contributed by atoms with Crippen LogP contribution in [0.5, 0.6) is 17.4 Å². The Morgan fingerprint density at radius 2 is 2.13 bits per heavy atom. The topological polar surface area (TPSA) is 139 Å². The maximum Gasteiger partial charge on any atom is 0.242 e. The van der Waals surface area contributed by atoms with E-state index in [1.807, 2.05) is 0 Å². The van der Waals surface area contributed by atoms with E-state index in [1.165, 1.54) is 23.0 Å². The number of rotatable bonds is 7. The molecule has 1 atom stereocenters. The molecule has 3 rings (SSSR count). The number of ether oxygens (including phenoxy) is 2. The monoisotopic (exact) mass is 413 g/mol. The summed E-state index contributed by atoms with van der Waals surface area (Å²) in [5.41, 5.74) is 7.21. The average Bonchev–Trinajstić information content (AvgIpc) is 3.04. The number of phenolic OH excluding ortho intramolecular Hbond substituents is 1. The molecule has 4 N–H and O–H groups in total. The summed E-state index contributed by atoms with van der Waals surface area (Å²) in [5, 5.41) is 32.7. The van der Waals surface area contributed by atoms with Crippen LogP contribution in [0.2, 0.25) is 0 Å². The highest BCUT2D eigenvalue weighted by Gasteiger charge is 2.22. The number of pyridine rings is 1. The first-order chi connectivity index (χ1) is 14.3. The zero-order valence-electron chi connectivity index (χ0n) is 16.3. The fraction of sp³-hybridized carbons (Fsp3) is 0.250. The summed E-state index contributed by atoms with van der Waals surface area (Å²) < 4.78 is 26.2. The Kier molecular flexibility index (Phi) is 6.03. The van der Waals surface area contributed by atoms with Crippen molar-refractivity contribution < 1.29 is 24.1 Å². The number of hydrogen-bond donors (Lipinski definition) is 3. The molecule has 3 aromatic rings. The highest BCUT2D eigenvalue weighted by Crippen LogP contribution is 2.37. The van der Waals surface area contributed by atoms with E-state index in [1.54, 1.807) is 20.0 Å². The van der Waals surface area contributed by atoms with E-state index in [0.29, 0.717) is 11.1 Å². The van der Waals surface area contributed by atoms with Gasteiger partial charge in [-0.25, -0.2) is 9.37 Å². The lowest BCUT2D eigenvalue weighted by molar-refractivity contribution is 0.196. The van der Waals surface area contributed by atoms with Crippen molar-refractivity contribution in [2.75, 3.05) is 18.9 Å². The first kappa shape index (κ1) is 20.9. The number of anilines is 1. The van der Waals surface area contributed by atoms with E-state index >= 15 is 0 Å². The molecule has 0 saturated carbocycles. The number of nitrogens with zero attached hydrogens (tertiary/aromatic N) is 4. The van der Waals surface area contributed by atoms with Crippen molar-refractivity contribution in [2.45, 2.75) is 13.0 Å². The van der Waals surface area contributed by atoms with Crippen LogP contribution in [0, 0.1) is 17.1 Å². The van der Waals surface area contributed by atoms with Gasteiger partial charge in [0.1, 0.15) is 36.0 Å². The van der Waals surface area contributed by atoms with Gasteiger partial charge in [0.2, 0.25) is 5.88 Å². The lowest BCUT2D eigenvalue weighted by Gasteiger charge is -2.18. The van der Waals surface area contributed by atoms with Gasteiger partial charge in [-0.1, -0.05) is 0 Å². The van der Waals surface area contributed by atoms with Gasteiger partial charge < -0.3 is 25.4 Å². The van der Waals surface area contributed by atoms with E-state index in [4.69, 9.17) is 20.3 Å². The van der Waals surface area contributed by atoms with Gasteiger partial charge in [-0.2, -0.15) is 5.26 Å². The molecule has 1 unspecified atom stereocenters. The van der Waals surface area contributed by atoms with Crippen LogP contribution in [-0.4, -0.2) is 38.2 Å². The molecule has 156 valence electrons. The minimum atomic E-state index is -0.741.